The van der Waals surface area contributed by atoms with Crippen LogP contribution in [-0.2, 0) is 0 Å². The molecule has 1 aromatic heterocycles. The number of pyridine rings is 1. The standard InChI is InChI=1S/C6H4F2IN/c1-3-4(7)2-5(8)6(9)10-3/h2H,1H3. The molecule has 1 rings (SSSR count). The van der Waals surface area contributed by atoms with Crippen LogP contribution in [0.15, 0.2) is 6.07 Å². The number of hydrogen-bond acceptors (Lipinski definition) is 1. The van der Waals surface area contributed by atoms with Crippen molar-refractivity contribution in [2.45, 2.75) is 6.92 Å². The first kappa shape index (κ1) is 7.84. The van der Waals surface area contributed by atoms with Gasteiger partial charge in [-0.25, -0.2) is 13.8 Å². The van der Waals surface area contributed by atoms with E-state index in [1.165, 1.54) is 6.92 Å². The van der Waals surface area contributed by atoms with Crippen molar-refractivity contribution in [1.82, 2.24) is 4.98 Å². The maximum absolute atomic E-state index is 12.5. The second-order valence-corrected chi connectivity index (χ2v) is 2.85. The van der Waals surface area contributed by atoms with E-state index in [9.17, 15) is 8.78 Å². The van der Waals surface area contributed by atoms with Crippen molar-refractivity contribution >= 4 is 22.6 Å². The summed E-state index contributed by atoms with van der Waals surface area (Å²) in [5, 5.41) is 0. The maximum atomic E-state index is 12.5. The van der Waals surface area contributed by atoms with Gasteiger partial charge in [0.1, 0.15) is 9.52 Å². The minimum absolute atomic E-state index is 0.205. The molecule has 4 heteroatoms. The molecule has 54 valence electrons. The smallest absolute Gasteiger partial charge is 0.157 e. The van der Waals surface area contributed by atoms with Crippen LogP contribution in [0.5, 0.6) is 0 Å². The van der Waals surface area contributed by atoms with Gasteiger partial charge in [0.2, 0.25) is 0 Å². The Balaban J connectivity index is 3.28. The van der Waals surface area contributed by atoms with Crippen molar-refractivity contribution in [3.63, 3.8) is 0 Å². The maximum Gasteiger partial charge on any atom is 0.157 e. The summed E-state index contributed by atoms with van der Waals surface area (Å²) in [6.45, 7) is 1.50. The van der Waals surface area contributed by atoms with Crippen LogP contribution in [0.1, 0.15) is 5.69 Å². The predicted molar refractivity (Wildman–Crippen MR) is 41.6 cm³/mol. The lowest BCUT2D eigenvalue weighted by atomic mass is 10.4. The highest BCUT2D eigenvalue weighted by Gasteiger charge is 2.04. The van der Waals surface area contributed by atoms with E-state index in [2.05, 4.69) is 4.98 Å². The SMILES string of the molecule is Cc1nc(I)c(F)cc1F. The lowest BCUT2D eigenvalue weighted by Crippen LogP contribution is -1.94. The molecular formula is C6H4F2IN. The molecule has 0 aromatic carbocycles. The lowest BCUT2D eigenvalue weighted by Gasteiger charge is -1.96. The molecule has 1 heterocycles. The van der Waals surface area contributed by atoms with Gasteiger partial charge in [-0.3, -0.25) is 0 Å². The van der Waals surface area contributed by atoms with Crippen molar-refractivity contribution < 1.29 is 8.78 Å². The predicted octanol–water partition coefficient (Wildman–Crippen LogP) is 2.27. The van der Waals surface area contributed by atoms with Gasteiger partial charge in [-0.15, -0.1) is 0 Å². The van der Waals surface area contributed by atoms with Gasteiger partial charge in [-0.2, -0.15) is 0 Å². The molecule has 10 heavy (non-hydrogen) atoms. The third kappa shape index (κ3) is 1.42. The first-order chi connectivity index (χ1) is 4.61. The molecule has 0 unspecified atom stereocenters. The van der Waals surface area contributed by atoms with Gasteiger partial charge in [-0.05, 0) is 29.5 Å². The number of nitrogens with zero attached hydrogens (tertiary/aromatic N) is 1. The van der Waals surface area contributed by atoms with Crippen LogP contribution in [0.3, 0.4) is 0 Å². The quantitative estimate of drug-likeness (QED) is 0.512. The van der Waals surface area contributed by atoms with Gasteiger partial charge >= 0.3 is 0 Å². The molecule has 0 aliphatic carbocycles. The van der Waals surface area contributed by atoms with Crippen molar-refractivity contribution in [3.05, 3.63) is 27.1 Å². The van der Waals surface area contributed by atoms with Crippen LogP contribution in [0.4, 0.5) is 8.78 Å². The highest BCUT2D eigenvalue weighted by Crippen LogP contribution is 2.11. The van der Waals surface area contributed by atoms with E-state index in [0.717, 1.165) is 6.07 Å². The molecule has 0 bridgehead atoms. The highest BCUT2D eigenvalue weighted by molar-refractivity contribution is 14.1. The largest absolute Gasteiger partial charge is 0.241 e. The van der Waals surface area contributed by atoms with Crippen LogP contribution in [0, 0.1) is 22.3 Å². The number of rotatable bonds is 0. The summed E-state index contributed by atoms with van der Waals surface area (Å²) >= 11 is 1.71. The van der Waals surface area contributed by atoms with Gasteiger partial charge in [-0.1, -0.05) is 0 Å². The molecule has 0 radical (unpaired) electrons. The fourth-order valence-corrected chi connectivity index (χ4v) is 1.05. The Morgan fingerprint density at radius 1 is 1.40 bits per heavy atom. The molecule has 1 nitrogen and oxygen atoms in total. The zero-order valence-corrected chi connectivity index (χ0v) is 7.32. The Hall–Kier alpha value is -0.260. The van der Waals surface area contributed by atoms with Crippen molar-refractivity contribution in [3.8, 4) is 0 Å². The monoisotopic (exact) mass is 255 g/mol. The first-order valence-electron chi connectivity index (χ1n) is 2.59. The third-order valence-electron chi connectivity index (χ3n) is 1.06. The molecule has 0 fully saturated rings. The summed E-state index contributed by atoms with van der Waals surface area (Å²) in [6.07, 6.45) is 0. The minimum atomic E-state index is -0.608. The summed E-state index contributed by atoms with van der Waals surface area (Å²) in [6, 6.07) is 0.837. The Morgan fingerprint density at radius 3 is 2.50 bits per heavy atom. The number of halogens is 3. The molecular weight excluding hydrogens is 251 g/mol. The zero-order chi connectivity index (χ0) is 7.72. The van der Waals surface area contributed by atoms with Crippen LogP contribution >= 0.6 is 22.6 Å². The molecule has 0 aliphatic heterocycles. The summed E-state index contributed by atoms with van der Waals surface area (Å²) in [4.78, 5) is 3.61. The van der Waals surface area contributed by atoms with Crippen LogP contribution in [0.25, 0.3) is 0 Å². The molecule has 0 saturated heterocycles. The topological polar surface area (TPSA) is 12.9 Å². The summed E-state index contributed by atoms with van der Waals surface area (Å²) in [7, 11) is 0. The fraction of sp³-hybridized carbons (Fsp3) is 0.167. The molecule has 0 atom stereocenters. The third-order valence-corrected chi connectivity index (χ3v) is 1.82. The zero-order valence-electron chi connectivity index (χ0n) is 5.16. The minimum Gasteiger partial charge on any atom is -0.241 e. The van der Waals surface area contributed by atoms with E-state index >= 15 is 0 Å². The van der Waals surface area contributed by atoms with Crippen LogP contribution in [-0.4, -0.2) is 4.98 Å². The van der Waals surface area contributed by atoms with Crippen molar-refractivity contribution in [2.75, 3.05) is 0 Å². The normalized spacial score (nSPS) is 10.0. The molecule has 0 N–H and O–H groups in total. The van der Waals surface area contributed by atoms with E-state index in [1.54, 1.807) is 22.6 Å². The van der Waals surface area contributed by atoms with Crippen LogP contribution in [0.2, 0.25) is 0 Å². The lowest BCUT2D eigenvalue weighted by molar-refractivity contribution is 0.558. The Labute approximate surface area is 70.6 Å². The Bertz CT molecular complexity index is 212. The average molecular weight is 255 g/mol. The van der Waals surface area contributed by atoms with Gasteiger partial charge in [0, 0.05) is 6.07 Å². The number of aromatic nitrogens is 1. The molecule has 0 saturated carbocycles. The Kier molecular flexibility index (Phi) is 2.18. The Morgan fingerprint density at radius 2 is 2.00 bits per heavy atom. The first-order valence-corrected chi connectivity index (χ1v) is 3.67. The second kappa shape index (κ2) is 2.77. The van der Waals surface area contributed by atoms with E-state index < -0.39 is 11.6 Å². The highest BCUT2D eigenvalue weighted by atomic mass is 127. The summed E-state index contributed by atoms with van der Waals surface area (Å²) < 4.78 is 25.1. The van der Waals surface area contributed by atoms with Crippen LogP contribution < -0.4 is 0 Å². The van der Waals surface area contributed by atoms with Crippen molar-refractivity contribution in [1.29, 1.82) is 0 Å². The van der Waals surface area contributed by atoms with Gasteiger partial charge in [0.15, 0.2) is 5.82 Å². The molecule has 1 aromatic rings. The molecule has 0 amide bonds. The van der Waals surface area contributed by atoms with Gasteiger partial charge in [0.25, 0.3) is 0 Å². The van der Waals surface area contributed by atoms with Gasteiger partial charge in [0.05, 0.1) is 5.69 Å². The average Bonchev–Trinajstić information content (AvgIpc) is 1.84. The van der Waals surface area contributed by atoms with E-state index in [-0.39, 0.29) is 9.39 Å². The second-order valence-electron chi connectivity index (χ2n) is 1.83. The summed E-state index contributed by atoms with van der Waals surface area (Å²) in [5.74, 6) is -1.21. The van der Waals surface area contributed by atoms with Crippen molar-refractivity contribution in [2.24, 2.45) is 0 Å². The number of aryl methyl sites for hydroxylation is 1. The molecule has 0 aliphatic rings. The fourth-order valence-electron chi connectivity index (χ4n) is 0.529. The molecule has 0 spiro atoms. The van der Waals surface area contributed by atoms with E-state index in [0.29, 0.717) is 0 Å². The van der Waals surface area contributed by atoms with Gasteiger partial charge < -0.3 is 0 Å². The van der Waals surface area contributed by atoms with E-state index in [4.69, 9.17) is 0 Å². The van der Waals surface area contributed by atoms with E-state index in [1.807, 2.05) is 0 Å². The summed E-state index contributed by atoms with van der Waals surface area (Å²) in [5.41, 5.74) is 0.228. The number of hydrogen-bond donors (Lipinski definition) is 0.